The molecule has 0 N–H and O–H groups in total. The molecule has 0 aliphatic carbocycles. The van der Waals surface area contributed by atoms with Crippen molar-refractivity contribution >= 4 is 22.9 Å². The fourth-order valence-corrected chi connectivity index (χ4v) is 3.46. The summed E-state index contributed by atoms with van der Waals surface area (Å²) in [5.74, 6) is 0.816. The van der Waals surface area contributed by atoms with Crippen LogP contribution in [0.15, 0.2) is 47.8 Å². The molecule has 1 atom stereocenters. The summed E-state index contributed by atoms with van der Waals surface area (Å²) in [4.78, 5) is 1.27. The Morgan fingerprint density at radius 2 is 1.95 bits per heavy atom. The lowest BCUT2D eigenvalue weighted by molar-refractivity contribution is 0.580. The molecule has 0 spiro atoms. The van der Waals surface area contributed by atoms with Crippen molar-refractivity contribution < 1.29 is 0 Å². The number of nitrogens with zero attached hydrogens (tertiary/aromatic N) is 3. The molecule has 3 rings (SSSR count). The molecule has 0 fully saturated rings. The maximum atomic E-state index is 6.28. The number of aromatic nitrogens is 3. The highest BCUT2D eigenvalue weighted by Gasteiger charge is 2.21. The van der Waals surface area contributed by atoms with E-state index in [0.29, 0.717) is 5.28 Å². The van der Waals surface area contributed by atoms with Gasteiger partial charge >= 0.3 is 0 Å². The second-order valence-electron chi connectivity index (χ2n) is 4.47. The Bertz CT molecular complexity index is 676. The van der Waals surface area contributed by atoms with E-state index in [-0.39, 0.29) is 6.04 Å². The lowest BCUT2D eigenvalue weighted by atomic mass is 10.1. The largest absolute Gasteiger partial charge is 0.289 e. The fraction of sp³-hybridized carbons (Fsp3) is 0.200. The van der Waals surface area contributed by atoms with Crippen LogP contribution in [0.3, 0.4) is 0 Å². The highest BCUT2D eigenvalue weighted by atomic mass is 35.5. The molecule has 102 valence electrons. The smallest absolute Gasteiger partial charge is 0.225 e. The quantitative estimate of drug-likeness (QED) is 0.702. The summed E-state index contributed by atoms with van der Waals surface area (Å²) < 4.78 is 2.02. The van der Waals surface area contributed by atoms with E-state index >= 15 is 0 Å². The van der Waals surface area contributed by atoms with Crippen molar-refractivity contribution in [3.8, 4) is 11.4 Å². The summed E-state index contributed by atoms with van der Waals surface area (Å²) >= 11 is 8.01. The van der Waals surface area contributed by atoms with Gasteiger partial charge in [0.1, 0.15) is 0 Å². The summed E-state index contributed by atoms with van der Waals surface area (Å²) in [6.45, 7) is 2.15. The van der Waals surface area contributed by atoms with E-state index in [1.54, 1.807) is 11.3 Å². The van der Waals surface area contributed by atoms with Crippen LogP contribution >= 0.6 is 22.9 Å². The van der Waals surface area contributed by atoms with Gasteiger partial charge in [-0.1, -0.05) is 43.3 Å². The summed E-state index contributed by atoms with van der Waals surface area (Å²) in [5.41, 5.74) is 1.03. The van der Waals surface area contributed by atoms with Crippen LogP contribution in [0.2, 0.25) is 5.28 Å². The third-order valence-electron chi connectivity index (χ3n) is 3.26. The second kappa shape index (κ2) is 5.77. The van der Waals surface area contributed by atoms with Crippen molar-refractivity contribution in [1.82, 2.24) is 14.8 Å². The van der Waals surface area contributed by atoms with Crippen molar-refractivity contribution in [2.45, 2.75) is 19.4 Å². The van der Waals surface area contributed by atoms with Crippen molar-refractivity contribution in [3.05, 3.63) is 58.0 Å². The standard InChI is InChI=1S/C15H14ClN3S/c1-2-12(13-9-6-10-20-13)19-14(17-18-15(19)16)11-7-4-3-5-8-11/h3-10,12H,2H2,1H3. The first-order chi connectivity index (χ1) is 9.81. The van der Waals surface area contributed by atoms with Crippen LogP contribution in [0.5, 0.6) is 0 Å². The molecule has 0 radical (unpaired) electrons. The number of hydrogen-bond donors (Lipinski definition) is 0. The van der Waals surface area contributed by atoms with Crippen LogP contribution < -0.4 is 0 Å². The summed E-state index contributed by atoms with van der Waals surface area (Å²) in [6.07, 6.45) is 0.943. The first-order valence-electron chi connectivity index (χ1n) is 6.50. The van der Waals surface area contributed by atoms with Crippen molar-refractivity contribution in [2.24, 2.45) is 0 Å². The van der Waals surface area contributed by atoms with E-state index in [2.05, 4.69) is 34.6 Å². The van der Waals surface area contributed by atoms with Gasteiger partial charge in [-0.25, -0.2) is 0 Å². The van der Waals surface area contributed by atoms with Gasteiger partial charge in [-0.2, -0.15) is 0 Å². The predicted molar refractivity (Wildman–Crippen MR) is 83.2 cm³/mol. The van der Waals surface area contributed by atoms with Crippen LogP contribution in [0, 0.1) is 0 Å². The number of halogens is 1. The van der Waals surface area contributed by atoms with E-state index in [1.165, 1.54) is 4.88 Å². The van der Waals surface area contributed by atoms with Gasteiger partial charge in [0.25, 0.3) is 0 Å². The van der Waals surface area contributed by atoms with E-state index in [1.807, 2.05) is 34.9 Å². The Labute approximate surface area is 126 Å². The highest BCUT2D eigenvalue weighted by molar-refractivity contribution is 7.10. The van der Waals surface area contributed by atoms with E-state index < -0.39 is 0 Å². The molecule has 3 aromatic rings. The zero-order valence-corrected chi connectivity index (χ0v) is 12.6. The third kappa shape index (κ3) is 2.37. The monoisotopic (exact) mass is 303 g/mol. The maximum absolute atomic E-state index is 6.28. The average molecular weight is 304 g/mol. The molecule has 3 nitrogen and oxygen atoms in total. The Hall–Kier alpha value is -1.65. The first-order valence-corrected chi connectivity index (χ1v) is 7.76. The minimum atomic E-state index is 0.174. The molecule has 1 unspecified atom stereocenters. The molecule has 0 amide bonds. The molecule has 2 heterocycles. The summed E-state index contributed by atoms with van der Waals surface area (Å²) in [5, 5.41) is 10.8. The molecular formula is C15H14ClN3S. The molecule has 20 heavy (non-hydrogen) atoms. The highest BCUT2D eigenvalue weighted by Crippen LogP contribution is 2.32. The van der Waals surface area contributed by atoms with Gasteiger partial charge in [-0.05, 0) is 29.5 Å². The topological polar surface area (TPSA) is 30.7 Å². The molecule has 0 aliphatic heterocycles. The first kappa shape index (κ1) is 13.3. The van der Waals surface area contributed by atoms with Crippen molar-refractivity contribution in [2.75, 3.05) is 0 Å². The zero-order valence-electron chi connectivity index (χ0n) is 11.0. The number of rotatable bonds is 4. The SMILES string of the molecule is CCC(c1cccs1)n1c(Cl)nnc1-c1ccccc1. The molecule has 0 saturated heterocycles. The average Bonchev–Trinajstić information content (AvgIpc) is 3.12. The van der Waals surface area contributed by atoms with Gasteiger partial charge in [0.2, 0.25) is 5.28 Å². The van der Waals surface area contributed by atoms with Gasteiger partial charge < -0.3 is 0 Å². The van der Waals surface area contributed by atoms with Crippen molar-refractivity contribution in [1.29, 1.82) is 0 Å². The van der Waals surface area contributed by atoms with Crippen molar-refractivity contribution in [3.63, 3.8) is 0 Å². The fourth-order valence-electron chi connectivity index (χ4n) is 2.32. The Morgan fingerprint density at radius 3 is 2.60 bits per heavy atom. The van der Waals surface area contributed by atoms with E-state index in [0.717, 1.165) is 17.8 Å². The van der Waals surface area contributed by atoms with Gasteiger partial charge in [0.05, 0.1) is 6.04 Å². The van der Waals surface area contributed by atoms with Crippen LogP contribution in [-0.2, 0) is 0 Å². The predicted octanol–water partition coefficient (Wildman–Crippen LogP) is 4.66. The molecule has 2 aromatic heterocycles. The molecule has 0 bridgehead atoms. The van der Waals surface area contributed by atoms with Crippen LogP contribution in [-0.4, -0.2) is 14.8 Å². The van der Waals surface area contributed by atoms with Crippen LogP contribution in [0.1, 0.15) is 24.3 Å². The number of benzene rings is 1. The van der Waals surface area contributed by atoms with E-state index in [9.17, 15) is 0 Å². The Kier molecular flexibility index (Phi) is 3.85. The van der Waals surface area contributed by atoms with Gasteiger partial charge in [-0.3, -0.25) is 4.57 Å². The zero-order chi connectivity index (χ0) is 13.9. The summed E-state index contributed by atoms with van der Waals surface area (Å²) in [6, 6.07) is 14.4. The normalized spacial score (nSPS) is 12.5. The minimum Gasteiger partial charge on any atom is -0.289 e. The van der Waals surface area contributed by atoms with Gasteiger partial charge in [-0.15, -0.1) is 21.5 Å². The summed E-state index contributed by atoms with van der Waals surface area (Å²) in [7, 11) is 0. The lowest BCUT2D eigenvalue weighted by Crippen LogP contribution is -2.10. The molecule has 0 saturated carbocycles. The minimum absolute atomic E-state index is 0.174. The molecule has 1 aromatic carbocycles. The molecular weight excluding hydrogens is 290 g/mol. The van der Waals surface area contributed by atoms with Gasteiger partial charge in [0, 0.05) is 10.4 Å². The van der Waals surface area contributed by atoms with Crippen LogP contribution in [0.25, 0.3) is 11.4 Å². The molecule has 5 heteroatoms. The number of thiophene rings is 1. The molecule has 0 aliphatic rings. The van der Waals surface area contributed by atoms with E-state index in [4.69, 9.17) is 11.6 Å². The lowest BCUT2D eigenvalue weighted by Gasteiger charge is -2.18. The Morgan fingerprint density at radius 1 is 1.15 bits per heavy atom. The van der Waals surface area contributed by atoms with Crippen LogP contribution in [0.4, 0.5) is 0 Å². The van der Waals surface area contributed by atoms with Gasteiger partial charge in [0.15, 0.2) is 5.82 Å². The second-order valence-corrected chi connectivity index (χ2v) is 5.79. The number of hydrogen-bond acceptors (Lipinski definition) is 3. The maximum Gasteiger partial charge on any atom is 0.225 e. The third-order valence-corrected chi connectivity index (χ3v) is 4.49. The Balaban J connectivity index is 2.12.